The summed E-state index contributed by atoms with van der Waals surface area (Å²) in [7, 11) is 3.91. The van der Waals surface area contributed by atoms with Gasteiger partial charge < -0.3 is 9.64 Å². The van der Waals surface area contributed by atoms with Crippen molar-refractivity contribution in [2.75, 3.05) is 19.0 Å². The molecular formula is C20H20N2O2. The molecule has 0 spiro atoms. The monoisotopic (exact) mass is 320 g/mol. The first kappa shape index (κ1) is 17.3. The molecule has 4 heteroatoms. The Kier molecular flexibility index (Phi) is 5.75. The van der Waals surface area contributed by atoms with Crippen LogP contribution in [-0.2, 0) is 16.1 Å². The third-order valence-corrected chi connectivity index (χ3v) is 3.68. The SMILES string of the molecule is Cc1ccccc1COC(=O)/C(C#N)=C/c1ccc(N(C)C)cc1. The van der Waals surface area contributed by atoms with E-state index in [1.165, 1.54) is 0 Å². The number of aryl methyl sites for hydroxylation is 1. The van der Waals surface area contributed by atoms with E-state index >= 15 is 0 Å². The molecule has 0 aromatic heterocycles. The summed E-state index contributed by atoms with van der Waals surface area (Å²) in [4.78, 5) is 14.1. The molecule has 0 unspecified atom stereocenters. The van der Waals surface area contributed by atoms with Gasteiger partial charge in [0.2, 0.25) is 0 Å². The summed E-state index contributed by atoms with van der Waals surface area (Å²) in [5, 5.41) is 9.23. The molecule has 0 aliphatic heterocycles. The summed E-state index contributed by atoms with van der Waals surface area (Å²) >= 11 is 0. The minimum absolute atomic E-state index is 0.0128. The van der Waals surface area contributed by atoms with E-state index < -0.39 is 5.97 Å². The maximum Gasteiger partial charge on any atom is 0.349 e. The zero-order chi connectivity index (χ0) is 17.5. The number of esters is 1. The van der Waals surface area contributed by atoms with E-state index in [9.17, 15) is 10.1 Å². The molecule has 0 bridgehead atoms. The Morgan fingerprint density at radius 2 is 1.83 bits per heavy atom. The summed E-state index contributed by atoms with van der Waals surface area (Å²) in [6, 6.07) is 17.2. The number of hydrogen-bond acceptors (Lipinski definition) is 4. The predicted octanol–water partition coefficient (Wildman–Crippen LogP) is 3.71. The largest absolute Gasteiger partial charge is 0.457 e. The van der Waals surface area contributed by atoms with Crippen LogP contribution in [0.4, 0.5) is 5.69 Å². The van der Waals surface area contributed by atoms with Crippen LogP contribution >= 0.6 is 0 Å². The van der Waals surface area contributed by atoms with Crippen LogP contribution in [0, 0.1) is 18.3 Å². The van der Waals surface area contributed by atoms with Gasteiger partial charge in [0.15, 0.2) is 0 Å². The van der Waals surface area contributed by atoms with Crippen molar-refractivity contribution in [1.29, 1.82) is 5.26 Å². The number of hydrogen-bond donors (Lipinski definition) is 0. The second-order valence-corrected chi connectivity index (χ2v) is 5.66. The standard InChI is InChI=1S/C20H20N2O2/c1-15-6-4-5-7-17(15)14-24-20(23)18(13-21)12-16-8-10-19(11-9-16)22(2)3/h4-12H,14H2,1-3H3/b18-12+. The topological polar surface area (TPSA) is 53.3 Å². The molecular weight excluding hydrogens is 300 g/mol. The first-order valence-corrected chi connectivity index (χ1v) is 7.62. The maximum absolute atomic E-state index is 12.1. The molecule has 0 aliphatic rings. The minimum Gasteiger partial charge on any atom is -0.457 e. The molecule has 0 atom stereocenters. The Morgan fingerprint density at radius 3 is 2.42 bits per heavy atom. The number of benzene rings is 2. The lowest BCUT2D eigenvalue weighted by molar-refractivity contribution is -0.139. The van der Waals surface area contributed by atoms with Crippen LogP contribution in [0.1, 0.15) is 16.7 Å². The van der Waals surface area contributed by atoms with Crippen LogP contribution in [0.2, 0.25) is 0 Å². The van der Waals surface area contributed by atoms with Crippen molar-refractivity contribution in [3.63, 3.8) is 0 Å². The van der Waals surface area contributed by atoms with E-state index in [1.807, 2.05) is 80.5 Å². The summed E-state index contributed by atoms with van der Waals surface area (Å²) in [6.07, 6.45) is 1.54. The number of nitriles is 1. The fourth-order valence-corrected chi connectivity index (χ4v) is 2.17. The first-order valence-electron chi connectivity index (χ1n) is 7.62. The van der Waals surface area contributed by atoms with Crippen LogP contribution in [-0.4, -0.2) is 20.1 Å². The van der Waals surface area contributed by atoms with E-state index in [4.69, 9.17) is 4.74 Å². The molecule has 0 N–H and O–H groups in total. The highest BCUT2D eigenvalue weighted by Gasteiger charge is 2.11. The lowest BCUT2D eigenvalue weighted by atomic mass is 10.1. The quantitative estimate of drug-likeness (QED) is 0.479. The average Bonchev–Trinajstić information content (AvgIpc) is 2.59. The number of rotatable bonds is 5. The Balaban J connectivity index is 2.08. The van der Waals surface area contributed by atoms with E-state index in [0.29, 0.717) is 0 Å². The van der Waals surface area contributed by atoms with Crippen molar-refractivity contribution >= 4 is 17.7 Å². The second-order valence-electron chi connectivity index (χ2n) is 5.66. The molecule has 4 nitrogen and oxygen atoms in total. The molecule has 0 saturated heterocycles. The molecule has 0 radical (unpaired) electrons. The molecule has 0 aliphatic carbocycles. The van der Waals surface area contributed by atoms with E-state index in [-0.39, 0.29) is 12.2 Å². The average molecular weight is 320 g/mol. The van der Waals surface area contributed by atoms with Gasteiger partial charge in [-0.3, -0.25) is 0 Å². The second kappa shape index (κ2) is 7.98. The molecule has 0 fully saturated rings. The summed E-state index contributed by atoms with van der Waals surface area (Å²) < 4.78 is 5.26. The van der Waals surface area contributed by atoms with Gasteiger partial charge in [0, 0.05) is 19.8 Å². The first-order chi connectivity index (χ1) is 11.5. The highest BCUT2D eigenvalue weighted by atomic mass is 16.5. The molecule has 2 aromatic carbocycles. The Labute approximate surface area is 142 Å². The normalized spacial score (nSPS) is 10.8. The molecule has 24 heavy (non-hydrogen) atoms. The lowest BCUT2D eigenvalue weighted by Crippen LogP contribution is -2.08. The highest BCUT2D eigenvalue weighted by Crippen LogP contribution is 2.16. The van der Waals surface area contributed by atoms with Gasteiger partial charge in [-0.2, -0.15) is 5.26 Å². The number of carbonyl (C=O) groups excluding carboxylic acids is 1. The predicted molar refractivity (Wildman–Crippen MR) is 95.3 cm³/mol. The fraction of sp³-hybridized carbons (Fsp3) is 0.200. The molecule has 0 amide bonds. The third kappa shape index (κ3) is 4.47. The number of ether oxygens (including phenoxy) is 1. The van der Waals surface area contributed by atoms with Crippen molar-refractivity contribution in [2.45, 2.75) is 13.5 Å². The Bertz CT molecular complexity index is 784. The molecule has 122 valence electrons. The van der Waals surface area contributed by atoms with Gasteiger partial charge in [-0.15, -0.1) is 0 Å². The van der Waals surface area contributed by atoms with Gasteiger partial charge in [-0.25, -0.2) is 4.79 Å². The van der Waals surface area contributed by atoms with Gasteiger partial charge in [0.05, 0.1) is 0 Å². The van der Waals surface area contributed by atoms with Crippen molar-refractivity contribution < 1.29 is 9.53 Å². The molecule has 2 aromatic rings. The zero-order valence-electron chi connectivity index (χ0n) is 14.1. The molecule has 0 saturated carbocycles. The van der Waals surface area contributed by atoms with Gasteiger partial charge in [0.1, 0.15) is 18.2 Å². The lowest BCUT2D eigenvalue weighted by Gasteiger charge is -2.12. The maximum atomic E-state index is 12.1. The molecule has 2 rings (SSSR count). The summed E-state index contributed by atoms with van der Waals surface area (Å²) in [6.45, 7) is 2.11. The van der Waals surface area contributed by atoms with Gasteiger partial charge in [0.25, 0.3) is 0 Å². The van der Waals surface area contributed by atoms with Crippen LogP contribution in [0.15, 0.2) is 54.1 Å². The molecule has 0 heterocycles. The summed E-state index contributed by atoms with van der Waals surface area (Å²) in [5.74, 6) is -0.613. The Hall–Kier alpha value is -3.06. The van der Waals surface area contributed by atoms with Crippen LogP contribution in [0.5, 0.6) is 0 Å². The number of anilines is 1. The van der Waals surface area contributed by atoms with Crippen LogP contribution in [0.25, 0.3) is 6.08 Å². The van der Waals surface area contributed by atoms with Crippen molar-refractivity contribution in [1.82, 2.24) is 0 Å². The smallest absolute Gasteiger partial charge is 0.349 e. The van der Waals surface area contributed by atoms with Gasteiger partial charge in [-0.05, 0) is 41.8 Å². The van der Waals surface area contributed by atoms with Crippen molar-refractivity contribution in [3.8, 4) is 6.07 Å². The third-order valence-electron chi connectivity index (χ3n) is 3.68. The number of carbonyl (C=O) groups is 1. The van der Waals surface area contributed by atoms with E-state index in [1.54, 1.807) is 6.08 Å². The highest BCUT2D eigenvalue weighted by molar-refractivity contribution is 5.97. The number of nitrogens with zero attached hydrogens (tertiary/aromatic N) is 2. The zero-order valence-corrected chi connectivity index (χ0v) is 14.1. The Morgan fingerprint density at radius 1 is 1.17 bits per heavy atom. The summed E-state index contributed by atoms with van der Waals surface area (Å²) in [5.41, 5.74) is 3.80. The van der Waals surface area contributed by atoms with Gasteiger partial charge in [-0.1, -0.05) is 36.4 Å². The fourth-order valence-electron chi connectivity index (χ4n) is 2.17. The van der Waals surface area contributed by atoms with Crippen molar-refractivity contribution in [2.24, 2.45) is 0 Å². The van der Waals surface area contributed by atoms with E-state index in [0.717, 1.165) is 22.4 Å². The van der Waals surface area contributed by atoms with E-state index in [2.05, 4.69) is 0 Å². The van der Waals surface area contributed by atoms with Crippen LogP contribution in [0.3, 0.4) is 0 Å². The van der Waals surface area contributed by atoms with Gasteiger partial charge >= 0.3 is 5.97 Å². The van der Waals surface area contributed by atoms with Crippen molar-refractivity contribution in [3.05, 3.63) is 70.8 Å². The minimum atomic E-state index is -0.613. The van der Waals surface area contributed by atoms with Crippen LogP contribution < -0.4 is 4.90 Å².